The van der Waals surface area contributed by atoms with Crippen LogP contribution in [0.25, 0.3) is 0 Å². The molecule has 1 N–H and O–H groups in total. The highest BCUT2D eigenvalue weighted by Gasteiger charge is 2.52. The first-order chi connectivity index (χ1) is 13.3. The minimum Gasteiger partial charge on any atom is -0.396 e. The smallest absolute Gasteiger partial charge is 0.338 e. The summed E-state index contributed by atoms with van der Waals surface area (Å²) in [4.78, 5) is 7.69. The Morgan fingerprint density at radius 1 is 1.25 bits per heavy atom. The van der Waals surface area contributed by atoms with Crippen LogP contribution >= 0.6 is 7.60 Å². The summed E-state index contributed by atoms with van der Waals surface area (Å²) < 4.78 is 37.3. The molecule has 0 aromatic heterocycles. The second-order valence-electron chi connectivity index (χ2n) is 7.44. The second kappa shape index (κ2) is 8.11. The number of hydrogen-bond donors (Lipinski definition) is 1. The van der Waals surface area contributed by atoms with E-state index in [0.717, 1.165) is 12.8 Å². The fourth-order valence-electron chi connectivity index (χ4n) is 3.38. The average Bonchev–Trinajstić information content (AvgIpc) is 3.38. The molecule has 0 saturated heterocycles. The zero-order valence-corrected chi connectivity index (χ0v) is 17.5. The second-order valence-corrected chi connectivity index (χ2v) is 9.49. The average molecular weight is 414 g/mol. The van der Waals surface area contributed by atoms with E-state index in [4.69, 9.17) is 13.9 Å². The van der Waals surface area contributed by atoms with Crippen LogP contribution in [0, 0.1) is 11.2 Å². The minimum absolute atomic E-state index is 0.0347. The maximum Gasteiger partial charge on any atom is 0.338 e. The molecule has 156 valence electrons. The molecule has 1 aromatic rings. The Hall–Kier alpha value is -1.47. The maximum absolute atomic E-state index is 13.4. The number of rotatable bonds is 10. The van der Waals surface area contributed by atoms with Crippen LogP contribution in [0.2, 0.25) is 0 Å². The van der Waals surface area contributed by atoms with E-state index in [1.54, 1.807) is 26.0 Å². The molecule has 0 radical (unpaired) electrons. The van der Waals surface area contributed by atoms with Gasteiger partial charge in [0.2, 0.25) is 5.72 Å². The zero-order valence-electron chi connectivity index (χ0n) is 16.6. The summed E-state index contributed by atoms with van der Waals surface area (Å²) in [6, 6.07) is 6.02. The van der Waals surface area contributed by atoms with Crippen molar-refractivity contribution in [2.24, 2.45) is 10.6 Å². The van der Waals surface area contributed by atoms with E-state index in [2.05, 4.69) is 5.16 Å². The molecular formula is C19H28FN2O5P. The molecule has 1 aromatic carbocycles. The molecule has 1 saturated carbocycles. The molecule has 3 rings (SSSR count). The third-order valence-corrected chi connectivity index (χ3v) is 7.28. The Bertz CT molecular complexity index is 758. The lowest BCUT2D eigenvalue weighted by Crippen LogP contribution is -2.48. The van der Waals surface area contributed by atoms with Gasteiger partial charge in [-0.3, -0.25) is 4.57 Å². The molecule has 0 spiro atoms. The molecule has 0 amide bonds. The quantitative estimate of drug-likeness (QED) is 0.589. The van der Waals surface area contributed by atoms with Gasteiger partial charge in [-0.25, -0.2) is 4.39 Å². The van der Waals surface area contributed by atoms with Gasteiger partial charge in [0.25, 0.3) is 0 Å². The normalized spacial score (nSPS) is 23.5. The lowest BCUT2D eigenvalue weighted by molar-refractivity contribution is -0.0975. The van der Waals surface area contributed by atoms with E-state index < -0.39 is 13.3 Å². The summed E-state index contributed by atoms with van der Waals surface area (Å²) in [5.41, 5.74) is -0.530. The predicted molar refractivity (Wildman–Crippen MR) is 103 cm³/mol. The third-order valence-electron chi connectivity index (χ3n) is 5.31. The van der Waals surface area contributed by atoms with Gasteiger partial charge in [0.1, 0.15) is 12.0 Å². The first-order valence-corrected chi connectivity index (χ1v) is 11.3. The first kappa shape index (κ1) is 21.2. The molecular weight excluding hydrogens is 386 g/mol. The topological polar surface area (TPSA) is 80.6 Å². The van der Waals surface area contributed by atoms with Crippen molar-refractivity contribution in [2.75, 3.05) is 32.5 Å². The number of aliphatic hydroxyl groups is 1. The van der Waals surface area contributed by atoms with Gasteiger partial charge in [0.05, 0.1) is 19.8 Å². The standard InChI is InChI=1S/C19H28FN2O5P/c1-4-25-28(24,26-5-2)12-17-21-27-18(3,15-6-8-16(20)9-7-15)22(17)13-19(14-23)10-11-19/h6-9,23H,4-5,10-14H2,1-3H3. The summed E-state index contributed by atoms with van der Waals surface area (Å²) in [7, 11) is -3.39. The predicted octanol–water partition coefficient (Wildman–Crippen LogP) is 3.68. The van der Waals surface area contributed by atoms with Gasteiger partial charge in [-0.05, 0) is 38.8 Å². The zero-order chi connectivity index (χ0) is 20.4. The summed E-state index contributed by atoms with van der Waals surface area (Å²) in [6.45, 7) is 6.37. The van der Waals surface area contributed by atoms with Crippen molar-refractivity contribution in [1.82, 2.24) is 4.90 Å². The van der Waals surface area contributed by atoms with Gasteiger partial charge in [-0.15, -0.1) is 0 Å². The van der Waals surface area contributed by atoms with Crippen LogP contribution in [-0.4, -0.2) is 48.4 Å². The van der Waals surface area contributed by atoms with E-state index in [0.29, 0.717) is 17.9 Å². The molecule has 2 aliphatic rings. The summed E-state index contributed by atoms with van der Waals surface area (Å²) >= 11 is 0. The fourth-order valence-corrected chi connectivity index (χ4v) is 5.00. The number of hydrogen-bond acceptors (Lipinski definition) is 7. The van der Waals surface area contributed by atoms with Gasteiger partial charge >= 0.3 is 7.60 Å². The molecule has 1 atom stereocenters. The largest absolute Gasteiger partial charge is 0.396 e. The Labute approximate surface area is 165 Å². The summed E-state index contributed by atoms with van der Waals surface area (Å²) in [5.74, 6) is 0.0982. The number of aliphatic hydroxyl groups excluding tert-OH is 1. The molecule has 7 nitrogen and oxygen atoms in total. The van der Waals surface area contributed by atoms with Crippen LogP contribution in [0.4, 0.5) is 4.39 Å². The summed E-state index contributed by atoms with van der Waals surface area (Å²) in [6.07, 6.45) is 1.75. The van der Waals surface area contributed by atoms with E-state index in [-0.39, 0.29) is 37.2 Å². The van der Waals surface area contributed by atoms with Crippen molar-refractivity contribution in [3.05, 3.63) is 35.6 Å². The number of amidine groups is 1. The fraction of sp³-hybridized carbons (Fsp3) is 0.632. The molecule has 9 heteroatoms. The Morgan fingerprint density at radius 2 is 1.86 bits per heavy atom. The minimum atomic E-state index is -3.39. The highest BCUT2D eigenvalue weighted by molar-refractivity contribution is 7.54. The van der Waals surface area contributed by atoms with E-state index in [9.17, 15) is 14.1 Å². The number of nitrogens with zero attached hydrogens (tertiary/aromatic N) is 2. The summed E-state index contributed by atoms with van der Waals surface area (Å²) in [5, 5.41) is 14.0. The van der Waals surface area contributed by atoms with E-state index >= 15 is 0 Å². The maximum atomic E-state index is 13.4. The van der Waals surface area contributed by atoms with Crippen LogP contribution in [0.5, 0.6) is 0 Å². The number of benzene rings is 1. The lowest BCUT2D eigenvalue weighted by atomic mass is 9.99. The Balaban J connectivity index is 1.91. The van der Waals surface area contributed by atoms with Crippen molar-refractivity contribution in [3.63, 3.8) is 0 Å². The van der Waals surface area contributed by atoms with Crippen LogP contribution in [0.3, 0.4) is 0 Å². The molecule has 1 aliphatic heterocycles. The van der Waals surface area contributed by atoms with Crippen LogP contribution in [0.1, 0.15) is 39.2 Å². The van der Waals surface area contributed by atoms with Crippen molar-refractivity contribution in [1.29, 1.82) is 0 Å². The van der Waals surface area contributed by atoms with Crippen LogP contribution in [-0.2, 0) is 24.2 Å². The monoisotopic (exact) mass is 414 g/mol. The molecule has 0 bridgehead atoms. The van der Waals surface area contributed by atoms with Gasteiger partial charge < -0.3 is 23.9 Å². The van der Waals surface area contributed by atoms with Gasteiger partial charge in [0, 0.05) is 24.4 Å². The van der Waals surface area contributed by atoms with Crippen molar-refractivity contribution in [3.8, 4) is 0 Å². The van der Waals surface area contributed by atoms with Crippen LogP contribution in [0.15, 0.2) is 29.4 Å². The third kappa shape index (κ3) is 4.25. The highest BCUT2D eigenvalue weighted by Crippen LogP contribution is 2.52. The SMILES string of the molecule is CCOP(=O)(CC1=NOC(C)(c2ccc(F)cc2)N1CC1(CO)CC1)OCC. The van der Waals surface area contributed by atoms with Crippen molar-refractivity contribution in [2.45, 2.75) is 39.3 Å². The number of oxime groups is 1. The van der Waals surface area contributed by atoms with Gasteiger partial charge in [0.15, 0.2) is 5.84 Å². The van der Waals surface area contributed by atoms with Crippen LogP contribution < -0.4 is 0 Å². The van der Waals surface area contributed by atoms with E-state index in [1.165, 1.54) is 12.1 Å². The Morgan fingerprint density at radius 3 is 2.36 bits per heavy atom. The Kier molecular flexibility index (Phi) is 6.15. The van der Waals surface area contributed by atoms with Gasteiger partial charge in [-0.2, -0.15) is 0 Å². The molecule has 1 fully saturated rings. The van der Waals surface area contributed by atoms with Crippen molar-refractivity contribution >= 4 is 13.4 Å². The van der Waals surface area contributed by atoms with Gasteiger partial charge in [-0.1, -0.05) is 17.3 Å². The highest BCUT2D eigenvalue weighted by atomic mass is 31.2. The number of halogens is 1. The van der Waals surface area contributed by atoms with Crippen molar-refractivity contribution < 1.29 is 27.9 Å². The molecule has 28 heavy (non-hydrogen) atoms. The van der Waals surface area contributed by atoms with E-state index in [1.807, 2.05) is 11.8 Å². The lowest BCUT2D eigenvalue weighted by Gasteiger charge is -2.37. The molecule has 1 aliphatic carbocycles. The first-order valence-electron chi connectivity index (χ1n) is 9.57. The molecule has 1 heterocycles. The molecule has 1 unspecified atom stereocenters.